The van der Waals surface area contributed by atoms with Gasteiger partial charge < -0.3 is 20.3 Å². The summed E-state index contributed by atoms with van der Waals surface area (Å²) in [5.74, 6) is -0.0233. The van der Waals surface area contributed by atoms with Crippen molar-refractivity contribution in [1.29, 1.82) is 0 Å². The zero-order chi connectivity index (χ0) is 18.8. The second-order valence-corrected chi connectivity index (χ2v) is 7.63. The third-order valence-electron chi connectivity index (χ3n) is 5.80. The predicted octanol–water partition coefficient (Wildman–Crippen LogP) is 0.924. The van der Waals surface area contributed by atoms with Crippen molar-refractivity contribution in [2.24, 2.45) is 5.73 Å². The Bertz CT molecular complexity index is 702. The number of amides is 3. The zero-order valence-electron chi connectivity index (χ0n) is 15.5. The lowest BCUT2D eigenvalue weighted by atomic mass is 9.91. The van der Waals surface area contributed by atoms with E-state index in [1.54, 1.807) is 6.07 Å². The van der Waals surface area contributed by atoms with Gasteiger partial charge in [-0.1, -0.05) is 6.42 Å². The normalized spacial score (nSPS) is 21.9. The van der Waals surface area contributed by atoms with Gasteiger partial charge in [-0.25, -0.2) is 4.79 Å². The number of rotatable bonds is 4. The summed E-state index contributed by atoms with van der Waals surface area (Å²) in [5.41, 5.74) is 5.42. The van der Waals surface area contributed by atoms with Crippen LogP contribution in [0.5, 0.6) is 5.75 Å². The molecular formula is C19H27N5O3. The zero-order valence-corrected chi connectivity index (χ0v) is 15.5. The highest BCUT2D eigenvalue weighted by Crippen LogP contribution is 2.26. The molecule has 3 heterocycles. The van der Waals surface area contributed by atoms with Crippen molar-refractivity contribution < 1.29 is 14.3 Å². The number of hydrogen-bond donors (Lipinski definition) is 1. The Morgan fingerprint density at radius 3 is 2.59 bits per heavy atom. The van der Waals surface area contributed by atoms with E-state index < -0.39 is 5.91 Å². The molecule has 1 saturated carbocycles. The first-order valence-corrected chi connectivity index (χ1v) is 9.80. The molecule has 3 amide bonds. The third-order valence-corrected chi connectivity index (χ3v) is 5.80. The van der Waals surface area contributed by atoms with Crippen LogP contribution in [0, 0.1) is 0 Å². The number of aromatic nitrogens is 1. The minimum Gasteiger partial charge on any atom is -0.487 e. The summed E-state index contributed by atoms with van der Waals surface area (Å²) >= 11 is 0. The SMILES string of the molecule is NC(=O)c1cc(OC2CN(C(=O)N3CCCN(C4CCC4)CC3)C2)ccn1. The Labute approximate surface area is 159 Å². The second kappa shape index (κ2) is 7.72. The predicted molar refractivity (Wildman–Crippen MR) is 99.5 cm³/mol. The van der Waals surface area contributed by atoms with Crippen molar-refractivity contribution in [2.45, 2.75) is 37.8 Å². The number of ether oxygens (including phenoxy) is 1. The number of carbonyl (C=O) groups excluding carboxylic acids is 2. The Balaban J connectivity index is 1.24. The number of hydrogen-bond acceptors (Lipinski definition) is 5. The lowest BCUT2D eigenvalue weighted by molar-refractivity contribution is 0.0307. The Morgan fingerprint density at radius 2 is 1.89 bits per heavy atom. The standard InChI is InChI=1S/C19H27N5O3/c20-18(25)17-11-15(5-6-21-17)27-16-12-24(13-16)19(26)23-8-2-7-22(9-10-23)14-3-1-4-14/h5-6,11,14,16H,1-4,7-10,12-13H2,(H2,20,25). The van der Waals surface area contributed by atoms with Crippen LogP contribution in [0.25, 0.3) is 0 Å². The fourth-order valence-electron chi connectivity index (χ4n) is 3.93. The quantitative estimate of drug-likeness (QED) is 0.847. The number of carbonyl (C=O) groups is 2. The van der Waals surface area contributed by atoms with Gasteiger partial charge in [0.2, 0.25) is 0 Å². The van der Waals surface area contributed by atoms with Crippen molar-refractivity contribution >= 4 is 11.9 Å². The average molecular weight is 373 g/mol. The van der Waals surface area contributed by atoms with E-state index in [0.29, 0.717) is 18.8 Å². The third kappa shape index (κ3) is 4.00. The number of pyridine rings is 1. The smallest absolute Gasteiger partial charge is 0.320 e. The van der Waals surface area contributed by atoms with Gasteiger partial charge in [0, 0.05) is 44.5 Å². The number of primary amides is 1. The maximum absolute atomic E-state index is 12.7. The van der Waals surface area contributed by atoms with Gasteiger partial charge in [-0.05, 0) is 25.3 Å². The number of nitrogens with two attached hydrogens (primary N) is 1. The van der Waals surface area contributed by atoms with Crippen LogP contribution in [0.2, 0.25) is 0 Å². The highest BCUT2D eigenvalue weighted by atomic mass is 16.5. The van der Waals surface area contributed by atoms with Gasteiger partial charge in [0.15, 0.2) is 0 Å². The molecule has 0 atom stereocenters. The van der Waals surface area contributed by atoms with E-state index in [2.05, 4.69) is 9.88 Å². The molecule has 8 heteroatoms. The van der Waals surface area contributed by atoms with Crippen LogP contribution in [0.1, 0.15) is 36.2 Å². The summed E-state index contributed by atoms with van der Waals surface area (Å²) in [5, 5.41) is 0. The summed E-state index contributed by atoms with van der Waals surface area (Å²) in [7, 11) is 0. The molecule has 2 aliphatic heterocycles. The molecule has 0 radical (unpaired) electrons. The highest BCUT2D eigenvalue weighted by molar-refractivity contribution is 5.91. The number of urea groups is 1. The molecule has 1 aromatic rings. The fourth-order valence-corrected chi connectivity index (χ4v) is 3.93. The van der Waals surface area contributed by atoms with Gasteiger partial charge in [-0.15, -0.1) is 0 Å². The lowest BCUT2D eigenvalue weighted by Crippen LogP contribution is -2.60. The summed E-state index contributed by atoms with van der Waals surface area (Å²) in [4.78, 5) is 34.2. The first kappa shape index (κ1) is 18.0. The van der Waals surface area contributed by atoms with Crippen LogP contribution in [0.3, 0.4) is 0 Å². The second-order valence-electron chi connectivity index (χ2n) is 7.63. The van der Waals surface area contributed by atoms with Crippen molar-refractivity contribution in [1.82, 2.24) is 19.7 Å². The van der Waals surface area contributed by atoms with Gasteiger partial charge in [-0.2, -0.15) is 0 Å². The molecule has 0 aromatic carbocycles. The Morgan fingerprint density at radius 1 is 1.07 bits per heavy atom. The van der Waals surface area contributed by atoms with Crippen LogP contribution in [0.4, 0.5) is 4.79 Å². The van der Waals surface area contributed by atoms with Gasteiger partial charge in [0.25, 0.3) is 5.91 Å². The van der Waals surface area contributed by atoms with Crippen molar-refractivity contribution in [3.63, 3.8) is 0 Å². The first-order chi connectivity index (χ1) is 13.1. The summed E-state index contributed by atoms with van der Waals surface area (Å²) in [6, 6.07) is 4.09. The van der Waals surface area contributed by atoms with Gasteiger partial charge >= 0.3 is 6.03 Å². The Kier molecular flexibility index (Phi) is 5.15. The summed E-state index contributed by atoms with van der Waals surface area (Å²) in [6.45, 7) is 4.85. The van der Waals surface area contributed by atoms with E-state index in [4.69, 9.17) is 10.5 Å². The minimum absolute atomic E-state index is 0.0597. The van der Waals surface area contributed by atoms with Gasteiger partial charge in [-0.3, -0.25) is 14.7 Å². The largest absolute Gasteiger partial charge is 0.487 e. The summed E-state index contributed by atoms with van der Waals surface area (Å²) < 4.78 is 5.84. The molecular weight excluding hydrogens is 346 g/mol. The lowest BCUT2D eigenvalue weighted by Gasteiger charge is -2.41. The fraction of sp³-hybridized carbons (Fsp3) is 0.632. The van der Waals surface area contributed by atoms with Crippen LogP contribution < -0.4 is 10.5 Å². The van der Waals surface area contributed by atoms with Crippen molar-refractivity contribution in [2.75, 3.05) is 39.3 Å². The molecule has 0 unspecified atom stereocenters. The molecule has 0 spiro atoms. The van der Waals surface area contributed by atoms with E-state index in [1.807, 2.05) is 9.80 Å². The molecule has 8 nitrogen and oxygen atoms in total. The molecule has 1 aliphatic carbocycles. The molecule has 1 aromatic heterocycles. The highest BCUT2D eigenvalue weighted by Gasteiger charge is 2.36. The molecule has 4 rings (SSSR count). The monoisotopic (exact) mass is 373 g/mol. The molecule has 27 heavy (non-hydrogen) atoms. The van der Waals surface area contributed by atoms with E-state index in [0.717, 1.165) is 38.6 Å². The first-order valence-electron chi connectivity index (χ1n) is 9.80. The maximum atomic E-state index is 12.7. The average Bonchev–Trinajstić information content (AvgIpc) is 2.82. The van der Waals surface area contributed by atoms with Crippen LogP contribution in [0.15, 0.2) is 18.3 Å². The number of likely N-dealkylation sites (tertiary alicyclic amines) is 1. The molecule has 2 N–H and O–H groups in total. The molecule has 3 fully saturated rings. The van der Waals surface area contributed by atoms with Gasteiger partial charge in [0.05, 0.1) is 13.1 Å². The van der Waals surface area contributed by atoms with Crippen molar-refractivity contribution in [3.8, 4) is 5.75 Å². The Hall–Kier alpha value is -2.35. The summed E-state index contributed by atoms with van der Waals surface area (Å²) in [6.07, 6.45) is 6.45. The molecule has 3 aliphatic rings. The van der Waals surface area contributed by atoms with Crippen LogP contribution in [-0.4, -0.2) is 83.0 Å². The van der Waals surface area contributed by atoms with E-state index >= 15 is 0 Å². The van der Waals surface area contributed by atoms with Gasteiger partial charge in [0.1, 0.15) is 17.5 Å². The van der Waals surface area contributed by atoms with Crippen LogP contribution in [-0.2, 0) is 0 Å². The number of nitrogens with zero attached hydrogens (tertiary/aromatic N) is 4. The van der Waals surface area contributed by atoms with Crippen LogP contribution >= 0.6 is 0 Å². The van der Waals surface area contributed by atoms with Crippen molar-refractivity contribution in [3.05, 3.63) is 24.0 Å². The molecule has 2 saturated heterocycles. The van der Waals surface area contributed by atoms with E-state index in [9.17, 15) is 9.59 Å². The molecule has 0 bridgehead atoms. The maximum Gasteiger partial charge on any atom is 0.320 e. The molecule has 146 valence electrons. The van der Waals surface area contributed by atoms with E-state index in [-0.39, 0.29) is 17.8 Å². The minimum atomic E-state index is -0.581. The topological polar surface area (TPSA) is 92.0 Å². The van der Waals surface area contributed by atoms with E-state index in [1.165, 1.54) is 31.5 Å².